The molecule has 2 unspecified atom stereocenters. The van der Waals surface area contributed by atoms with Gasteiger partial charge in [-0.3, -0.25) is 0 Å². The lowest BCUT2D eigenvalue weighted by Crippen LogP contribution is -2.44. The lowest BCUT2D eigenvalue weighted by molar-refractivity contribution is 0.105. The van der Waals surface area contributed by atoms with Crippen molar-refractivity contribution >= 4 is 0 Å². The zero-order valence-electron chi connectivity index (χ0n) is 12.0. The minimum atomic E-state index is 0.458. The molecule has 1 N–H and O–H groups in total. The van der Waals surface area contributed by atoms with Gasteiger partial charge in [-0.25, -0.2) is 0 Å². The monoisotopic (exact) mass is 242 g/mol. The Balaban J connectivity index is 2.28. The van der Waals surface area contributed by atoms with Gasteiger partial charge in [-0.2, -0.15) is 0 Å². The molecule has 1 fully saturated rings. The van der Waals surface area contributed by atoms with Crippen LogP contribution in [0.1, 0.15) is 39.5 Å². The van der Waals surface area contributed by atoms with Gasteiger partial charge >= 0.3 is 0 Å². The van der Waals surface area contributed by atoms with Crippen LogP contribution in [0.2, 0.25) is 0 Å². The summed E-state index contributed by atoms with van der Waals surface area (Å²) in [6.45, 7) is 7.65. The third kappa shape index (κ3) is 4.94. The van der Waals surface area contributed by atoms with Gasteiger partial charge in [0.15, 0.2) is 0 Å². The number of hydrogen-bond acceptors (Lipinski definition) is 3. The highest BCUT2D eigenvalue weighted by atomic mass is 16.5. The molecular formula is C14H30N2O. The third-order valence-electron chi connectivity index (χ3n) is 4.01. The van der Waals surface area contributed by atoms with Gasteiger partial charge in [0, 0.05) is 25.7 Å². The molecule has 17 heavy (non-hydrogen) atoms. The molecule has 1 aliphatic rings. The van der Waals surface area contributed by atoms with Crippen molar-refractivity contribution in [2.45, 2.75) is 51.7 Å². The zero-order chi connectivity index (χ0) is 12.7. The fourth-order valence-electron chi connectivity index (χ4n) is 2.80. The van der Waals surface area contributed by atoms with E-state index in [1.165, 1.54) is 25.7 Å². The van der Waals surface area contributed by atoms with Crippen LogP contribution < -0.4 is 5.32 Å². The molecule has 1 aliphatic heterocycles. The second kappa shape index (κ2) is 8.06. The molecule has 0 aromatic carbocycles. The number of nitrogens with one attached hydrogen (secondary N) is 1. The molecule has 2 atom stereocenters. The van der Waals surface area contributed by atoms with E-state index in [9.17, 15) is 0 Å². The molecule has 0 spiro atoms. The highest BCUT2D eigenvalue weighted by molar-refractivity contribution is 4.78. The number of rotatable bonds is 8. The Kier molecular flexibility index (Phi) is 7.09. The van der Waals surface area contributed by atoms with Gasteiger partial charge in [0.2, 0.25) is 0 Å². The van der Waals surface area contributed by atoms with Crippen molar-refractivity contribution in [3.63, 3.8) is 0 Å². The van der Waals surface area contributed by atoms with Crippen LogP contribution in [0.15, 0.2) is 0 Å². The molecule has 0 bridgehead atoms. The van der Waals surface area contributed by atoms with Gasteiger partial charge in [-0.05, 0) is 32.9 Å². The first-order chi connectivity index (χ1) is 8.19. The maximum Gasteiger partial charge on any atom is 0.0700 e. The molecule has 1 rings (SSSR count). The van der Waals surface area contributed by atoms with Gasteiger partial charge in [-0.15, -0.1) is 0 Å². The maximum absolute atomic E-state index is 5.63. The lowest BCUT2D eigenvalue weighted by Gasteiger charge is -2.32. The Morgan fingerprint density at radius 2 is 2.00 bits per heavy atom. The van der Waals surface area contributed by atoms with E-state index in [0.717, 1.165) is 25.6 Å². The van der Waals surface area contributed by atoms with Crippen LogP contribution in [0.4, 0.5) is 0 Å². The first-order valence-corrected chi connectivity index (χ1v) is 7.17. The molecule has 0 radical (unpaired) electrons. The number of hydrogen-bond donors (Lipinski definition) is 1. The average Bonchev–Trinajstić information content (AvgIpc) is 2.81. The SMILES string of the molecule is CCC(CC)C(CNCC1CCCO1)N(C)C. The normalized spacial score (nSPS) is 22.6. The second-order valence-electron chi connectivity index (χ2n) is 5.40. The molecule has 0 amide bonds. The van der Waals surface area contributed by atoms with E-state index in [-0.39, 0.29) is 0 Å². The van der Waals surface area contributed by atoms with Crippen molar-refractivity contribution in [2.75, 3.05) is 33.8 Å². The minimum absolute atomic E-state index is 0.458. The molecule has 1 heterocycles. The Morgan fingerprint density at radius 1 is 1.29 bits per heavy atom. The zero-order valence-corrected chi connectivity index (χ0v) is 12.0. The third-order valence-corrected chi connectivity index (χ3v) is 4.01. The van der Waals surface area contributed by atoms with Gasteiger partial charge < -0.3 is 15.0 Å². The summed E-state index contributed by atoms with van der Waals surface area (Å²) in [4.78, 5) is 2.36. The summed E-state index contributed by atoms with van der Waals surface area (Å²) >= 11 is 0. The average molecular weight is 242 g/mol. The molecule has 0 aliphatic carbocycles. The molecule has 0 aromatic heterocycles. The Morgan fingerprint density at radius 3 is 2.47 bits per heavy atom. The van der Waals surface area contributed by atoms with E-state index in [2.05, 4.69) is 38.2 Å². The van der Waals surface area contributed by atoms with Crippen LogP contribution in [-0.2, 0) is 4.74 Å². The summed E-state index contributed by atoms with van der Waals surface area (Å²) in [6.07, 6.45) is 5.45. The van der Waals surface area contributed by atoms with Crippen LogP contribution >= 0.6 is 0 Å². The van der Waals surface area contributed by atoms with Crippen molar-refractivity contribution in [3.05, 3.63) is 0 Å². The van der Waals surface area contributed by atoms with Gasteiger partial charge in [-0.1, -0.05) is 26.7 Å². The van der Waals surface area contributed by atoms with Gasteiger partial charge in [0.25, 0.3) is 0 Å². The number of nitrogens with zero attached hydrogens (tertiary/aromatic N) is 1. The highest BCUT2D eigenvalue weighted by Gasteiger charge is 2.21. The molecular weight excluding hydrogens is 212 g/mol. The van der Waals surface area contributed by atoms with E-state index in [4.69, 9.17) is 4.74 Å². The molecule has 0 saturated carbocycles. The lowest BCUT2D eigenvalue weighted by atomic mass is 9.93. The van der Waals surface area contributed by atoms with E-state index in [1.54, 1.807) is 0 Å². The summed E-state index contributed by atoms with van der Waals surface area (Å²) in [5.41, 5.74) is 0. The van der Waals surface area contributed by atoms with Crippen molar-refractivity contribution in [1.82, 2.24) is 10.2 Å². The largest absolute Gasteiger partial charge is 0.377 e. The predicted molar refractivity (Wildman–Crippen MR) is 73.4 cm³/mol. The van der Waals surface area contributed by atoms with Crippen LogP contribution in [0.3, 0.4) is 0 Å². The number of ether oxygens (including phenoxy) is 1. The maximum atomic E-state index is 5.63. The topological polar surface area (TPSA) is 24.5 Å². The van der Waals surface area contributed by atoms with E-state index in [1.807, 2.05) is 0 Å². The summed E-state index contributed by atoms with van der Waals surface area (Å²) in [5, 5.41) is 3.59. The quantitative estimate of drug-likeness (QED) is 0.705. The first-order valence-electron chi connectivity index (χ1n) is 7.17. The fraction of sp³-hybridized carbons (Fsp3) is 1.00. The van der Waals surface area contributed by atoms with Crippen LogP contribution in [0.25, 0.3) is 0 Å². The first kappa shape index (κ1) is 14.9. The smallest absolute Gasteiger partial charge is 0.0700 e. The van der Waals surface area contributed by atoms with E-state index >= 15 is 0 Å². The van der Waals surface area contributed by atoms with Gasteiger partial charge in [0.1, 0.15) is 0 Å². The standard InChI is InChI=1S/C14H30N2O/c1-5-12(6-2)14(16(3)4)11-15-10-13-8-7-9-17-13/h12-15H,5-11H2,1-4H3. The van der Waals surface area contributed by atoms with Crippen molar-refractivity contribution in [2.24, 2.45) is 5.92 Å². The Bertz CT molecular complexity index is 187. The van der Waals surface area contributed by atoms with E-state index in [0.29, 0.717) is 12.1 Å². The second-order valence-corrected chi connectivity index (χ2v) is 5.40. The van der Waals surface area contributed by atoms with Gasteiger partial charge in [0.05, 0.1) is 6.10 Å². The van der Waals surface area contributed by atoms with Crippen molar-refractivity contribution < 1.29 is 4.74 Å². The Labute approximate surface area is 107 Å². The predicted octanol–water partition coefficient (Wildman–Crippen LogP) is 2.12. The van der Waals surface area contributed by atoms with Crippen molar-refractivity contribution in [3.8, 4) is 0 Å². The van der Waals surface area contributed by atoms with Crippen molar-refractivity contribution in [1.29, 1.82) is 0 Å². The molecule has 0 aromatic rings. The van der Waals surface area contributed by atoms with Crippen LogP contribution in [0.5, 0.6) is 0 Å². The summed E-state index contributed by atoms with van der Waals surface area (Å²) < 4.78 is 5.63. The van der Waals surface area contributed by atoms with Crippen LogP contribution in [0, 0.1) is 5.92 Å². The summed E-state index contributed by atoms with van der Waals surface area (Å²) in [5.74, 6) is 0.794. The Hall–Kier alpha value is -0.120. The number of likely N-dealkylation sites (N-methyl/N-ethyl adjacent to an activating group) is 1. The summed E-state index contributed by atoms with van der Waals surface area (Å²) in [7, 11) is 4.38. The molecule has 3 heteroatoms. The molecule has 1 saturated heterocycles. The van der Waals surface area contributed by atoms with E-state index < -0.39 is 0 Å². The molecule has 3 nitrogen and oxygen atoms in total. The molecule has 102 valence electrons. The minimum Gasteiger partial charge on any atom is -0.377 e. The van der Waals surface area contributed by atoms with Crippen LogP contribution in [-0.4, -0.2) is 50.8 Å². The highest BCUT2D eigenvalue weighted by Crippen LogP contribution is 2.16. The summed E-state index contributed by atoms with van der Waals surface area (Å²) in [6, 6.07) is 0.645. The fourth-order valence-corrected chi connectivity index (χ4v) is 2.80.